The number of ether oxygens (including phenoxy) is 1. The Morgan fingerprint density at radius 1 is 1.43 bits per heavy atom. The molecule has 0 aromatic carbocycles. The van der Waals surface area contributed by atoms with Crippen molar-refractivity contribution in [3.8, 4) is 0 Å². The molecular weight excluding hydrogens is 290 g/mol. The van der Waals surface area contributed by atoms with E-state index in [0.717, 1.165) is 6.92 Å². The molecule has 0 spiro atoms. The van der Waals surface area contributed by atoms with Crippen LogP contribution in [0.3, 0.4) is 0 Å². The number of amides is 1. The van der Waals surface area contributed by atoms with Gasteiger partial charge in [0, 0.05) is 13.3 Å². The number of aliphatic hydroxyl groups is 5. The molecule has 21 heavy (non-hydrogen) atoms. The summed E-state index contributed by atoms with van der Waals surface area (Å²) in [5, 5.41) is 59.0. The van der Waals surface area contributed by atoms with Gasteiger partial charge in [0.15, 0.2) is 0 Å². The molecule has 0 aromatic rings. The van der Waals surface area contributed by atoms with Gasteiger partial charge >= 0.3 is 5.97 Å². The maximum Gasteiger partial charge on any atom is 0.364 e. The molecule has 0 bridgehead atoms. The fourth-order valence-corrected chi connectivity index (χ4v) is 2.14. The second-order valence-electron chi connectivity index (χ2n) is 4.91. The van der Waals surface area contributed by atoms with E-state index in [0.29, 0.717) is 0 Å². The zero-order valence-corrected chi connectivity index (χ0v) is 11.2. The zero-order chi connectivity index (χ0) is 16.4. The Labute approximate surface area is 119 Å². The lowest BCUT2D eigenvalue weighted by atomic mass is 9.88. The lowest BCUT2D eigenvalue weighted by molar-refractivity contribution is -0.295. The highest BCUT2D eigenvalue weighted by Gasteiger charge is 2.53. The van der Waals surface area contributed by atoms with Crippen molar-refractivity contribution in [2.75, 3.05) is 6.61 Å². The minimum atomic E-state index is -2.78. The normalized spacial score (nSPS) is 35.8. The molecule has 1 amide bonds. The van der Waals surface area contributed by atoms with Crippen LogP contribution >= 0.6 is 0 Å². The number of aliphatic hydroxyl groups excluding tert-OH is 4. The lowest BCUT2D eigenvalue weighted by Gasteiger charge is -2.44. The van der Waals surface area contributed by atoms with Gasteiger partial charge in [0.2, 0.25) is 5.91 Å². The predicted octanol–water partition coefficient (Wildman–Crippen LogP) is -3.87. The molecule has 122 valence electrons. The van der Waals surface area contributed by atoms with Gasteiger partial charge in [-0.15, -0.1) is 0 Å². The third-order valence-electron chi connectivity index (χ3n) is 3.21. The number of carboxylic acids is 1. The molecule has 10 nitrogen and oxygen atoms in total. The Kier molecular flexibility index (Phi) is 5.61. The molecule has 0 aliphatic carbocycles. The molecule has 3 unspecified atom stereocenters. The molecule has 1 rings (SSSR count). The summed E-state index contributed by atoms with van der Waals surface area (Å²) < 4.78 is 4.86. The standard InChI is InChI=1S/C11H19NO9/c1-4(14)12-7-5(15)2-11(20,10(18)19)21-9(7)8(17)6(16)3-13/h5-9,13,15-17,20H,2-3H2,1H3,(H,12,14)(H,18,19)/t5?,6-,7-,8-,9?,11?/m1/s1. The molecule has 0 radical (unpaired) electrons. The number of carbonyl (C=O) groups is 2. The number of carbonyl (C=O) groups excluding carboxylic acids is 1. The number of carboxylic acid groups (broad SMARTS) is 1. The first-order chi connectivity index (χ1) is 9.62. The first kappa shape index (κ1) is 17.8. The molecule has 0 aromatic heterocycles. The van der Waals surface area contributed by atoms with Crippen molar-refractivity contribution >= 4 is 11.9 Å². The summed E-state index contributed by atoms with van der Waals surface area (Å²) in [7, 11) is 0. The Bertz CT molecular complexity index is 403. The summed E-state index contributed by atoms with van der Waals surface area (Å²) in [5.41, 5.74) is 0. The van der Waals surface area contributed by atoms with Crippen LogP contribution in [0.5, 0.6) is 0 Å². The maximum atomic E-state index is 11.1. The molecule has 1 aliphatic rings. The highest BCUT2D eigenvalue weighted by molar-refractivity contribution is 5.76. The van der Waals surface area contributed by atoms with E-state index in [4.69, 9.17) is 14.9 Å². The largest absolute Gasteiger partial charge is 0.477 e. The van der Waals surface area contributed by atoms with E-state index in [1.54, 1.807) is 0 Å². The molecule has 7 N–H and O–H groups in total. The number of hydrogen-bond acceptors (Lipinski definition) is 8. The average Bonchev–Trinajstić information content (AvgIpc) is 2.39. The van der Waals surface area contributed by atoms with Gasteiger partial charge in [0.05, 0.1) is 18.8 Å². The van der Waals surface area contributed by atoms with Gasteiger partial charge in [0.25, 0.3) is 5.79 Å². The SMILES string of the molecule is CC(=O)N[C@@H]1C(O)CC(O)(C(=O)O)OC1[C@H](O)[C@H](O)CO. The van der Waals surface area contributed by atoms with Crippen LogP contribution in [0.4, 0.5) is 0 Å². The minimum Gasteiger partial charge on any atom is -0.477 e. The van der Waals surface area contributed by atoms with Gasteiger partial charge in [-0.1, -0.05) is 0 Å². The molecule has 0 saturated carbocycles. The molecule has 10 heteroatoms. The van der Waals surface area contributed by atoms with Crippen molar-refractivity contribution in [2.45, 2.75) is 49.6 Å². The highest BCUT2D eigenvalue weighted by atomic mass is 16.7. The van der Waals surface area contributed by atoms with E-state index in [1.807, 2.05) is 0 Å². The first-order valence-electron chi connectivity index (χ1n) is 6.18. The molecule has 1 fully saturated rings. The van der Waals surface area contributed by atoms with Gasteiger partial charge in [-0.25, -0.2) is 4.79 Å². The van der Waals surface area contributed by atoms with E-state index < -0.39 is 61.1 Å². The van der Waals surface area contributed by atoms with Crippen LogP contribution in [0.2, 0.25) is 0 Å². The minimum absolute atomic E-state index is 0.598. The number of rotatable bonds is 5. The number of hydrogen-bond donors (Lipinski definition) is 7. The van der Waals surface area contributed by atoms with Gasteiger partial charge in [-0.3, -0.25) is 4.79 Å². The molecule has 1 aliphatic heterocycles. The van der Waals surface area contributed by atoms with Crippen LogP contribution in [0.1, 0.15) is 13.3 Å². The quantitative estimate of drug-likeness (QED) is 0.268. The second-order valence-corrected chi connectivity index (χ2v) is 4.91. The van der Waals surface area contributed by atoms with E-state index in [1.165, 1.54) is 0 Å². The van der Waals surface area contributed by atoms with Gasteiger partial charge in [-0.2, -0.15) is 0 Å². The van der Waals surface area contributed by atoms with Crippen LogP contribution in [0.15, 0.2) is 0 Å². The van der Waals surface area contributed by atoms with Crippen molar-refractivity contribution in [3.63, 3.8) is 0 Å². The Balaban J connectivity index is 3.07. The van der Waals surface area contributed by atoms with Gasteiger partial charge < -0.3 is 40.7 Å². The average molecular weight is 309 g/mol. The van der Waals surface area contributed by atoms with Crippen molar-refractivity contribution in [3.05, 3.63) is 0 Å². The third kappa shape index (κ3) is 3.87. The lowest BCUT2D eigenvalue weighted by Crippen LogP contribution is -2.67. The highest BCUT2D eigenvalue weighted by Crippen LogP contribution is 2.30. The first-order valence-corrected chi connectivity index (χ1v) is 6.18. The van der Waals surface area contributed by atoms with Crippen LogP contribution in [0.25, 0.3) is 0 Å². The summed E-state index contributed by atoms with van der Waals surface area (Å²) in [6.07, 6.45) is -7.48. The molecule has 1 saturated heterocycles. The summed E-state index contributed by atoms with van der Waals surface area (Å²) in [5.74, 6) is -5.17. The summed E-state index contributed by atoms with van der Waals surface area (Å²) in [6.45, 7) is 0.256. The molecule has 1 heterocycles. The molecular formula is C11H19NO9. The smallest absolute Gasteiger partial charge is 0.364 e. The topological polar surface area (TPSA) is 177 Å². The number of nitrogens with one attached hydrogen (secondary N) is 1. The second kappa shape index (κ2) is 6.64. The molecule has 6 atom stereocenters. The maximum absolute atomic E-state index is 11.1. The number of aliphatic carboxylic acids is 1. The van der Waals surface area contributed by atoms with Gasteiger partial charge in [-0.05, 0) is 0 Å². The van der Waals surface area contributed by atoms with Crippen molar-refractivity contribution in [2.24, 2.45) is 0 Å². The fourth-order valence-electron chi connectivity index (χ4n) is 2.14. The van der Waals surface area contributed by atoms with E-state index in [2.05, 4.69) is 5.32 Å². The third-order valence-corrected chi connectivity index (χ3v) is 3.21. The summed E-state index contributed by atoms with van der Waals surface area (Å²) >= 11 is 0. The van der Waals surface area contributed by atoms with E-state index in [9.17, 15) is 30.0 Å². The zero-order valence-electron chi connectivity index (χ0n) is 11.2. The van der Waals surface area contributed by atoms with Gasteiger partial charge in [0.1, 0.15) is 18.3 Å². The summed E-state index contributed by atoms with van der Waals surface area (Å²) in [4.78, 5) is 22.1. The fraction of sp³-hybridized carbons (Fsp3) is 0.818. The predicted molar refractivity (Wildman–Crippen MR) is 64.8 cm³/mol. The van der Waals surface area contributed by atoms with Crippen LogP contribution in [-0.4, -0.2) is 85.4 Å². The Hall–Kier alpha value is -1.30. The monoisotopic (exact) mass is 309 g/mol. The van der Waals surface area contributed by atoms with Crippen LogP contribution in [-0.2, 0) is 14.3 Å². The Morgan fingerprint density at radius 3 is 2.43 bits per heavy atom. The Morgan fingerprint density at radius 2 is 2.00 bits per heavy atom. The van der Waals surface area contributed by atoms with Crippen LogP contribution < -0.4 is 5.32 Å². The van der Waals surface area contributed by atoms with E-state index >= 15 is 0 Å². The van der Waals surface area contributed by atoms with Crippen molar-refractivity contribution < 1.29 is 45.0 Å². The van der Waals surface area contributed by atoms with E-state index in [-0.39, 0.29) is 0 Å². The van der Waals surface area contributed by atoms with Crippen molar-refractivity contribution in [1.29, 1.82) is 0 Å². The summed E-state index contributed by atoms with van der Waals surface area (Å²) in [6, 6.07) is -1.27. The van der Waals surface area contributed by atoms with Crippen molar-refractivity contribution in [1.82, 2.24) is 5.32 Å². The van der Waals surface area contributed by atoms with Crippen LogP contribution in [0, 0.1) is 0 Å².